The van der Waals surface area contributed by atoms with Crippen LogP contribution in [-0.2, 0) is 4.79 Å². The highest BCUT2D eigenvalue weighted by atomic mass is 35.5. The fraction of sp³-hybridized carbons (Fsp3) is 0.500. The Bertz CT molecular complexity index is 629. The monoisotopic (exact) mass is 354 g/mol. The Morgan fingerprint density at radius 1 is 1.48 bits per heavy atom. The Hall–Kier alpha value is -1.21. The zero-order valence-electron chi connectivity index (χ0n) is 13.2. The van der Waals surface area contributed by atoms with Gasteiger partial charge in [0.05, 0.1) is 16.8 Å². The smallest absolute Gasteiger partial charge is 0.240 e. The minimum atomic E-state index is -0.00777. The van der Waals surface area contributed by atoms with Crippen LogP contribution in [0.5, 0.6) is 0 Å². The van der Waals surface area contributed by atoms with Crippen LogP contribution in [0.3, 0.4) is 0 Å². The summed E-state index contributed by atoms with van der Waals surface area (Å²) < 4.78 is 1.09. The highest BCUT2D eigenvalue weighted by molar-refractivity contribution is 7.22. The molecule has 2 unspecified atom stereocenters. The van der Waals surface area contributed by atoms with Crippen LogP contribution in [0.1, 0.15) is 19.8 Å². The van der Waals surface area contributed by atoms with Gasteiger partial charge < -0.3 is 11.1 Å². The number of benzene rings is 1. The van der Waals surface area contributed by atoms with E-state index in [-0.39, 0.29) is 18.3 Å². The summed E-state index contributed by atoms with van der Waals surface area (Å²) in [7, 11) is 0. The summed E-state index contributed by atoms with van der Waals surface area (Å²) in [5.74, 6) is 0.542. The molecule has 1 amide bonds. The zero-order valence-corrected chi connectivity index (χ0v) is 14.8. The van der Waals surface area contributed by atoms with Gasteiger partial charge in [-0.15, -0.1) is 12.4 Å². The molecule has 1 aliphatic rings. The summed E-state index contributed by atoms with van der Waals surface area (Å²) in [6.07, 6.45) is 2.32. The second kappa shape index (κ2) is 8.06. The molecule has 1 aromatic carbocycles. The number of thiazole rings is 1. The number of hydrogen-bond donors (Lipinski definition) is 2. The van der Waals surface area contributed by atoms with E-state index in [1.807, 2.05) is 24.3 Å². The summed E-state index contributed by atoms with van der Waals surface area (Å²) in [6, 6.07) is 8.20. The lowest BCUT2D eigenvalue weighted by molar-refractivity contribution is -0.118. The number of amides is 1. The van der Waals surface area contributed by atoms with E-state index in [9.17, 15) is 4.79 Å². The molecule has 7 heteroatoms. The van der Waals surface area contributed by atoms with Gasteiger partial charge in [0.15, 0.2) is 5.13 Å². The Morgan fingerprint density at radius 2 is 2.26 bits per heavy atom. The van der Waals surface area contributed by atoms with E-state index in [4.69, 9.17) is 5.73 Å². The number of piperidine rings is 1. The average molecular weight is 355 g/mol. The molecule has 0 bridgehead atoms. The van der Waals surface area contributed by atoms with Gasteiger partial charge in [0, 0.05) is 12.6 Å². The number of likely N-dealkylation sites (tertiary alicyclic amines) is 1. The van der Waals surface area contributed by atoms with Crippen molar-refractivity contribution in [3.63, 3.8) is 0 Å². The molecule has 0 spiro atoms. The number of aromatic nitrogens is 1. The quantitative estimate of drug-likeness (QED) is 0.885. The molecule has 5 nitrogen and oxygen atoms in total. The molecule has 2 aromatic rings. The number of carbonyl (C=O) groups excluding carboxylic acids is 1. The van der Waals surface area contributed by atoms with Gasteiger partial charge in [-0.05, 0) is 37.4 Å². The molecule has 3 N–H and O–H groups in total. The maximum atomic E-state index is 12.3. The van der Waals surface area contributed by atoms with Crippen LogP contribution in [0.15, 0.2) is 24.3 Å². The van der Waals surface area contributed by atoms with E-state index in [0.29, 0.717) is 30.2 Å². The Balaban J connectivity index is 0.00000192. The lowest BCUT2D eigenvalue weighted by Crippen LogP contribution is -2.51. The molecule has 23 heavy (non-hydrogen) atoms. The maximum absolute atomic E-state index is 12.3. The first-order valence-corrected chi connectivity index (χ1v) is 8.58. The summed E-state index contributed by atoms with van der Waals surface area (Å²) in [4.78, 5) is 18.9. The van der Waals surface area contributed by atoms with Gasteiger partial charge in [0.2, 0.25) is 5.91 Å². The molecule has 0 saturated carbocycles. The van der Waals surface area contributed by atoms with Gasteiger partial charge in [-0.2, -0.15) is 0 Å². The van der Waals surface area contributed by atoms with Crippen molar-refractivity contribution in [2.75, 3.05) is 25.0 Å². The molecule has 1 fully saturated rings. The van der Waals surface area contributed by atoms with E-state index in [0.717, 1.165) is 23.2 Å². The van der Waals surface area contributed by atoms with E-state index < -0.39 is 0 Å². The van der Waals surface area contributed by atoms with Gasteiger partial charge in [0.1, 0.15) is 0 Å². The van der Waals surface area contributed by atoms with E-state index in [1.54, 1.807) is 0 Å². The standard InChI is InChI=1S/C16H22N4OS.ClH/c1-11-5-4-8-20(13(11)9-17)10-15(21)19-16-18-12-6-2-3-7-14(12)22-16;/h2-3,6-7,11,13H,4-5,8-10,17H2,1H3,(H,18,19,21);1H. The van der Waals surface area contributed by atoms with Gasteiger partial charge in [0.25, 0.3) is 0 Å². The third-order valence-electron chi connectivity index (χ3n) is 4.36. The van der Waals surface area contributed by atoms with E-state index in [2.05, 4.69) is 22.1 Å². The lowest BCUT2D eigenvalue weighted by Gasteiger charge is -2.38. The van der Waals surface area contributed by atoms with Crippen molar-refractivity contribution in [2.24, 2.45) is 11.7 Å². The van der Waals surface area contributed by atoms with Gasteiger partial charge in [-0.3, -0.25) is 9.69 Å². The number of anilines is 1. The first kappa shape index (κ1) is 18.1. The fourth-order valence-electron chi connectivity index (χ4n) is 3.18. The molecule has 2 atom stereocenters. The molecule has 2 heterocycles. The van der Waals surface area contributed by atoms with Crippen LogP contribution in [0.4, 0.5) is 5.13 Å². The predicted molar refractivity (Wildman–Crippen MR) is 98.3 cm³/mol. The number of fused-ring (bicyclic) bond motifs is 1. The SMILES string of the molecule is CC1CCCN(CC(=O)Nc2nc3ccccc3s2)C1CN.Cl. The number of carbonyl (C=O) groups is 1. The van der Waals surface area contributed by atoms with Crippen LogP contribution in [0.25, 0.3) is 10.2 Å². The largest absolute Gasteiger partial charge is 0.329 e. The van der Waals surface area contributed by atoms with E-state index in [1.165, 1.54) is 17.8 Å². The van der Waals surface area contributed by atoms with Crippen LogP contribution in [-0.4, -0.2) is 41.5 Å². The molecule has 1 aliphatic heterocycles. The third-order valence-corrected chi connectivity index (χ3v) is 5.31. The number of rotatable bonds is 4. The van der Waals surface area contributed by atoms with Gasteiger partial charge >= 0.3 is 0 Å². The Kier molecular flexibility index (Phi) is 6.35. The van der Waals surface area contributed by atoms with Crippen molar-refractivity contribution in [1.82, 2.24) is 9.88 Å². The average Bonchev–Trinajstić information content (AvgIpc) is 2.89. The molecule has 0 aliphatic carbocycles. The maximum Gasteiger partial charge on any atom is 0.240 e. The number of para-hydroxylation sites is 1. The topological polar surface area (TPSA) is 71.2 Å². The van der Waals surface area contributed by atoms with Crippen molar-refractivity contribution < 1.29 is 4.79 Å². The number of nitrogens with zero attached hydrogens (tertiary/aromatic N) is 2. The number of nitrogens with one attached hydrogen (secondary N) is 1. The summed E-state index contributed by atoms with van der Waals surface area (Å²) in [5.41, 5.74) is 6.80. The van der Waals surface area contributed by atoms with Crippen molar-refractivity contribution in [3.8, 4) is 0 Å². The Labute approximate surface area is 146 Å². The number of hydrogen-bond acceptors (Lipinski definition) is 5. The Morgan fingerprint density at radius 3 is 3.00 bits per heavy atom. The number of halogens is 1. The van der Waals surface area contributed by atoms with Crippen LogP contribution in [0.2, 0.25) is 0 Å². The third kappa shape index (κ3) is 4.20. The highest BCUT2D eigenvalue weighted by Crippen LogP contribution is 2.26. The van der Waals surface area contributed by atoms with Crippen molar-refractivity contribution >= 4 is 45.0 Å². The van der Waals surface area contributed by atoms with Crippen LogP contribution >= 0.6 is 23.7 Å². The first-order valence-electron chi connectivity index (χ1n) is 7.77. The van der Waals surface area contributed by atoms with Crippen molar-refractivity contribution in [3.05, 3.63) is 24.3 Å². The van der Waals surface area contributed by atoms with Gasteiger partial charge in [-0.1, -0.05) is 30.4 Å². The summed E-state index contributed by atoms with van der Waals surface area (Å²) in [6.45, 7) is 4.16. The van der Waals surface area contributed by atoms with Crippen LogP contribution in [0, 0.1) is 5.92 Å². The van der Waals surface area contributed by atoms with Crippen molar-refractivity contribution in [2.45, 2.75) is 25.8 Å². The number of nitrogens with two attached hydrogens (primary N) is 1. The van der Waals surface area contributed by atoms with E-state index >= 15 is 0 Å². The zero-order chi connectivity index (χ0) is 15.5. The van der Waals surface area contributed by atoms with Crippen molar-refractivity contribution in [1.29, 1.82) is 0 Å². The molecule has 126 valence electrons. The van der Waals surface area contributed by atoms with Crippen LogP contribution < -0.4 is 11.1 Å². The minimum Gasteiger partial charge on any atom is -0.329 e. The predicted octanol–water partition coefficient (Wildman–Crippen LogP) is 2.72. The first-order chi connectivity index (χ1) is 10.7. The molecule has 0 radical (unpaired) electrons. The molecule has 1 saturated heterocycles. The second-order valence-electron chi connectivity index (χ2n) is 5.93. The fourth-order valence-corrected chi connectivity index (χ4v) is 4.06. The molecule has 1 aromatic heterocycles. The highest BCUT2D eigenvalue weighted by Gasteiger charge is 2.28. The molecular formula is C16H23ClN4OS. The minimum absolute atomic E-state index is 0. The molecular weight excluding hydrogens is 332 g/mol. The van der Waals surface area contributed by atoms with Gasteiger partial charge in [-0.25, -0.2) is 4.98 Å². The summed E-state index contributed by atoms with van der Waals surface area (Å²) >= 11 is 1.51. The normalized spacial score (nSPS) is 21.8. The second-order valence-corrected chi connectivity index (χ2v) is 6.96. The summed E-state index contributed by atoms with van der Waals surface area (Å²) in [5, 5.41) is 3.59. The molecule has 3 rings (SSSR count). The lowest BCUT2D eigenvalue weighted by atomic mass is 9.91.